The van der Waals surface area contributed by atoms with E-state index in [1.165, 1.54) is 5.56 Å². The van der Waals surface area contributed by atoms with E-state index in [-0.39, 0.29) is 10.7 Å². The third kappa shape index (κ3) is 7.73. The van der Waals surface area contributed by atoms with E-state index in [1.807, 2.05) is 49.0 Å². The highest BCUT2D eigenvalue weighted by Gasteiger charge is 2.09. The molecule has 2 nitrogen and oxygen atoms in total. The average Bonchev–Trinajstić information content (AvgIpc) is 2.33. The minimum absolute atomic E-state index is 0.0323. The molecule has 0 aliphatic rings. The van der Waals surface area contributed by atoms with Crippen molar-refractivity contribution >= 4 is 23.7 Å². The molecule has 0 aliphatic heterocycles. The Balaban J connectivity index is 2.29. The molecular weight excluding hydrogens is 254 g/mol. The van der Waals surface area contributed by atoms with Crippen molar-refractivity contribution in [3.63, 3.8) is 0 Å². The van der Waals surface area contributed by atoms with Gasteiger partial charge in [0.15, 0.2) is 0 Å². The van der Waals surface area contributed by atoms with Crippen LogP contribution in [0.25, 0.3) is 6.08 Å². The van der Waals surface area contributed by atoms with Crippen molar-refractivity contribution < 1.29 is 4.79 Å². The molecule has 0 aliphatic carbocycles. The van der Waals surface area contributed by atoms with Gasteiger partial charge in [-0.15, -0.1) is 0 Å². The van der Waals surface area contributed by atoms with Crippen molar-refractivity contribution in [3.8, 4) is 0 Å². The van der Waals surface area contributed by atoms with E-state index >= 15 is 0 Å². The maximum absolute atomic E-state index is 11.6. The number of carbonyl (C=O) groups excluding carboxylic acids is 1. The van der Waals surface area contributed by atoms with Gasteiger partial charge in [0.25, 0.3) is 0 Å². The first kappa shape index (κ1) is 15.8. The molecule has 0 fully saturated rings. The van der Waals surface area contributed by atoms with Crippen LogP contribution in [0, 0.1) is 6.92 Å². The fraction of sp³-hybridized carbons (Fsp3) is 0.438. The van der Waals surface area contributed by atoms with E-state index in [4.69, 9.17) is 0 Å². The fourth-order valence-electron chi connectivity index (χ4n) is 1.44. The number of hydrogen-bond acceptors (Lipinski definition) is 2. The molecule has 1 aromatic carbocycles. The Bertz CT molecular complexity index is 429. The van der Waals surface area contributed by atoms with Gasteiger partial charge in [0.1, 0.15) is 0 Å². The zero-order valence-electron chi connectivity index (χ0n) is 12.2. The quantitative estimate of drug-likeness (QED) is 0.657. The summed E-state index contributed by atoms with van der Waals surface area (Å²) in [6.45, 7) is 9.29. The second-order valence-electron chi connectivity index (χ2n) is 5.50. The van der Waals surface area contributed by atoms with Crippen molar-refractivity contribution in [3.05, 3.63) is 41.5 Å². The van der Waals surface area contributed by atoms with Gasteiger partial charge in [-0.1, -0.05) is 50.6 Å². The van der Waals surface area contributed by atoms with E-state index in [0.717, 1.165) is 11.3 Å². The Morgan fingerprint density at radius 1 is 1.26 bits per heavy atom. The predicted molar refractivity (Wildman–Crippen MR) is 85.4 cm³/mol. The molecule has 1 N–H and O–H groups in total. The molecular formula is C16H23NOS. The summed E-state index contributed by atoms with van der Waals surface area (Å²) in [4.78, 5) is 11.6. The first-order valence-corrected chi connectivity index (χ1v) is 7.52. The number of amides is 1. The van der Waals surface area contributed by atoms with Gasteiger partial charge in [0.05, 0.1) is 0 Å². The maximum Gasteiger partial charge on any atom is 0.244 e. The lowest BCUT2D eigenvalue weighted by molar-refractivity contribution is -0.116. The zero-order chi connectivity index (χ0) is 14.3. The number of rotatable bonds is 5. The lowest BCUT2D eigenvalue weighted by atomic mass is 10.1. The lowest BCUT2D eigenvalue weighted by Gasteiger charge is -2.17. The first-order valence-electron chi connectivity index (χ1n) is 6.53. The number of nitrogens with one attached hydrogen (secondary N) is 1. The van der Waals surface area contributed by atoms with Crippen molar-refractivity contribution in [2.45, 2.75) is 32.4 Å². The molecule has 0 bridgehead atoms. The molecule has 3 heteroatoms. The molecule has 0 spiro atoms. The summed E-state index contributed by atoms with van der Waals surface area (Å²) in [5.41, 5.74) is 2.27. The molecule has 104 valence electrons. The summed E-state index contributed by atoms with van der Waals surface area (Å²) in [7, 11) is 0. The Morgan fingerprint density at radius 2 is 1.89 bits per heavy atom. The smallest absolute Gasteiger partial charge is 0.244 e. The van der Waals surface area contributed by atoms with Crippen molar-refractivity contribution in [2.24, 2.45) is 0 Å². The van der Waals surface area contributed by atoms with Crippen LogP contribution in [0.4, 0.5) is 0 Å². The molecule has 0 unspecified atom stereocenters. The van der Waals surface area contributed by atoms with Crippen LogP contribution >= 0.6 is 11.8 Å². The standard InChI is InChI=1S/C16H23NOS/c1-13-5-7-14(8-6-13)9-10-15(18)17-11-12-19-16(2,3)4/h5-10H,11-12H2,1-4H3,(H,17,18)/b10-9+. The van der Waals surface area contributed by atoms with Crippen LogP contribution in [0.5, 0.6) is 0 Å². The number of carbonyl (C=O) groups is 1. The normalized spacial score (nSPS) is 11.8. The van der Waals surface area contributed by atoms with Gasteiger partial charge in [0.2, 0.25) is 5.91 Å². The summed E-state index contributed by atoms with van der Waals surface area (Å²) in [5.74, 6) is 0.906. The largest absolute Gasteiger partial charge is 0.352 e. The summed E-state index contributed by atoms with van der Waals surface area (Å²) < 4.78 is 0.252. The van der Waals surface area contributed by atoms with Crippen LogP contribution in [-0.2, 0) is 4.79 Å². The van der Waals surface area contributed by atoms with Crippen molar-refractivity contribution in [1.82, 2.24) is 5.32 Å². The number of thioether (sulfide) groups is 1. The van der Waals surface area contributed by atoms with Gasteiger partial charge >= 0.3 is 0 Å². The molecule has 1 rings (SSSR count). The number of benzene rings is 1. The molecule has 0 saturated heterocycles. The van der Waals surface area contributed by atoms with Crippen molar-refractivity contribution in [1.29, 1.82) is 0 Å². The molecule has 0 atom stereocenters. The van der Waals surface area contributed by atoms with Crippen LogP contribution in [0.1, 0.15) is 31.9 Å². The molecule has 19 heavy (non-hydrogen) atoms. The topological polar surface area (TPSA) is 29.1 Å². The van der Waals surface area contributed by atoms with Crippen LogP contribution in [0.3, 0.4) is 0 Å². The minimum Gasteiger partial charge on any atom is -0.352 e. The van der Waals surface area contributed by atoms with Gasteiger partial charge in [-0.2, -0.15) is 11.8 Å². The number of aryl methyl sites for hydroxylation is 1. The Labute approximate surface area is 120 Å². The minimum atomic E-state index is -0.0323. The van der Waals surface area contributed by atoms with E-state index in [1.54, 1.807) is 6.08 Å². The van der Waals surface area contributed by atoms with E-state index in [9.17, 15) is 4.79 Å². The molecule has 1 aromatic rings. The Morgan fingerprint density at radius 3 is 2.47 bits per heavy atom. The van der Waals surface area contributed by atoms with E-state index in [2.05, 4.69) is 26.1 Å². The van der Waals surface area contributed by atoms with Gasteiger partial charge in [-0.05, 0) is 18.6 Å². The highest BCUT2D eigenvalue weighted by Crippen LogP contribution is 2.21. The summed E-state index contributed by atoms with van der Waals surface area (Å²) in [6.07, 6.45) is 3.43. The second-order valence-corrected chi connectivity index (χ2v) is 7.42. The van der Waals surface area contributed by atoms with Crippen LogP contribution in [0.15, 0.2) is 30.3 Å². The monoisotopic (exact) mass is 277 g/mol. The summed E-state index contributed by atoms with van der Waals surface area (Å²) in [5, 5.41) is 2.89. The third-order valence-electron chi connectivity index (χ3n) is 2.44. The third-order valence-corrected chi connectivity index (χ3v) is 3.72. The summed E-state index contributed by atoms with van der Waals surface area (Å²) >= 11 is 1.85. The molecule has 0 aromatic heterocycles. The zero-order valence-corrected chi connectivity index (χ0v) is 13.0. The van der Waals surface area contributed by atoms with Crippen LogP contribution in [0.2, 0.25) is 0 Å². The molecule has 1 amide bonds. The Kier molecular flexibility index (Phi) is 6.16. The van der Waals surface area contributed by atoms with Crippen LogP contribution < -0.4 is 5.32 Å². The van der Waals surface area contributed by atoms with Gasteiger partial charge < -0.3 is 5.32 Å². The van der Waals surface area contributed by atoms with Crippen molar-refractivity contribution in [2.75, 3.05) is 12.3 Å². The average molecular weight is 277 g/mol. The number of hydrogen-bond donors (Lipinski definition) is 1. The molecule has 0 saturated carbocycles. The second kappa shape index (κ2) is 7.39. The fourth-order valence-corrected chi connectivity index (χ4v) is 2.26. The maximum atomic E-state index is 11.6. The highest BCUT2D eigenvalue weighted by molar-refractivity contribution is 8.00. The van der Waals surface area contributed by atoms with Crippen LogP contribution in [-0.4, -0.2) is 23.0 Å². The molecule has 0 heterocycles. The first-order chi connectivity index (χ1) is 8.87. The summed E-state index contributed by atoms with van der Waals surface area (Å²) in [6, 6.07) is 8.10. The SMILES string of the molecule is Cc1ccc(/C=C/C(=O)NCCSC(C)(C)C)cc1. The predicted octanol–water partition coefficient (Wildman–Crippen LogP) is 3.66. The van der Waals surface area contributed by atoms with Gasteiger partial charge in [-0.25, -0.2) is 0 Å². The Hall–Kier alpha value is -1.22. The van der Waals surface area contributed by atoms with Gasteiger partial charge in [-0.3, -0.25) is 4.79 Å². The van der Waals surface area contributed by atoms with E-state index in [0.29, 0.717) is 6.54 Å². The highest BCUT2D eigenvalue weighted by atomic mass is 32.2. The van der Waals surface area contributed by atoms with E-state index < -0.39 is 0 Å². The van der Waals surface area contributed by atoms with Gasteiger partial charge in [0, 0.05) is 23.1 Å². The lowest BCUT2D eigenvalue weighted by Crippen LogP contribution is -2.25. The molecule has 0 radical (unpaired) electrons.